The zero-order valence-electron chi connectivity index (χ0n) is 17.5. The smallest absolute Gasteiger partial charge is 0.282 e. The summed E-state index contributed by atoms with van der Waals surface area (Å²) < 4.78 is 0. The first-order valence-electron chi connectivity index (χ1n) is 9.86. The highest BCUT2D eigenvalue weighted by Gasteiger charge is 2.40. The van der Waals surface area contributed by atoms with Gasteiger partial charge in [0.25, 0.3) is 11.8 Å². The molecule has 1 aliphatic rings. The van der Waals surface area contributed by atoms with Crippen LogP contribution >= 0.6 is 11.6 Å². The lowest BCUT2D eigenvalue weighted by Crippen LogP contribution is -2.32. The van der Waals surface area contributed by atoms with E-state index in [-0.39, 0.29) is 11.6 Å². The number of aryl methyl sites for hydroxylation is 1. The van der Waals surface area contributed by atoms with Gasteiger partial charge in [-0.1, -0.05) is 54.1 Å². The normalized spacial score (nSPS) is 13.7. The Morgan fingerprint density at radius 3 is 2.32 bits per heavy atom. The summed E-state index contributed by atoms with van der Waals surface area (Å²) in [5.41, 5.74) is 4.26. The molecule has 1 aliphatic heterocycles. The Balaban J connectivity index is 1.83. The van der Waals surface area contributed by atoms with Gasteiger partial charge in [0.2, 0.25) is 0 Å². The van der Waals surface area contributed by atoms with Gasteiger partial charge < -0.3 is 10.2 Å². The average molecular weight is 432 g/mol. The van der Waals surface area contributed by atoms with Crippen molar-refractivity contribution in [1.29, 1.82) is 0 Å². The summed E-state index contributed by atoms with van der Waals surface area (Å²) in [6, 6.07) is 22.0. The number of carbonyl (C=O) groups is 2. The van der Waals surface area contributed by atoms with Crippen LogP contribution in [0.25, 0.3) is 5.57 Å². The molecular formula is C25H22ClN3O2. The summed E-state index contributed by atoms with van der Waals surface area (Å²) in [6.45, 7) is 1.92. The van der Waals surface area contributed by atoms with Crippen LogP contribution in [0.5, 0.6) is 0 Å². The summed E-state index contributed by atoms with van der Waals surface area (Å²) in [6.07, 6.45) is 0. The first-order chi connectivity index (χ1) is 14.9. The summed E-state index contributed by atoms with van der Waals surface area (Å²) in [4.78, 5) is 30.2. The second-order valence-corrected chi connectivity index (χ2v) is 8.00. The fraction of sp³-hybridized carbons (Fsp3) is 0.120. The summed E-state index contributed by atoms with van der Waals surface area (Å²) in [7, 11) is 3.82. The molecule has 0 radical (unpaired) electrons. The van der Waals surface area contributed by atoms with Crippen molar-refractivity contribution in [3.8, 4) is 0 Å². The maximum Gasteiger partial charge on any atom is 0.282 e. The Morgan fingerprint density at radius 2 is 1.61 bits per heavy atom. The molecule has 0 spiro atoms. The van der Waals surface area contributed by atoms with E-state index in [1.165, 1.54) is 4.90 Å². The van der Waals surface area contributed by atoms with Crippen LogP contribution in [-0.2, 0) is 9.59 Å². The van der Waals surface area contributed by atoms with E-state index in [0.717, 1.165) is 11.3 Å². The minimum atomic E-state index is -0.404. The van der Waals surface area contributed by atoms with E-state index in [1.54, 1.807) is 18.2 Å². The topological polar surface area (TPSA) is 52.7 Å². The number of imide groups is 1. The molecule has 6 heteroatoms. The number of halogens is 1. The van der Waals surface area contributed by atoms with Gasteiger partial charge in [-0.05, 0) is 48.4 Å². The van der Waals surface area contributed by atoms with Gasteiger partial charge in [0, 0.05) is 30.5 Å². The van der Waals surface area contributed by atoms with Gasteiger partial charge in [-0.15, -0.1) is 0 Å². The second-order valence-electron chi connectivity index (χ2n) is 7.56. The van der Waals surface area contributed by atoms with Crippen LogP contribution in [0.4, 0.5) is 17.1 Å². The number of rotatable bonds is 5. The van der Waals surface area contributed by atoms with Crippen molar-refractivity contribution < 1.29 is 9.59 Å². The van der Waals surface area contributed by atoms with Crippen molar-refractivity contribution in [3.63, 3.8) is 0 Å². The van der Waals surface area contributed by atoms with Crippen LogP contribution in [0.3, 0.4) is 0 Å². The van der Waals surface area contributed by atoms with Gasteiger partial charge in [-0.2, -0.15) is 0 Å². The molecule has 1 heterocycles. The minimum absolute atomic E-state index is 0.233. The Bertz CT molecular complexity index is 1200. The molecule has 3 aromatic rings. The van der Waals surface area contributed by atoms with Gasteiger partial charge in [0.05, 0.1) is 11.3 Å². The van der Waals surface area contributed by atoms with Gasteiger partial charge in [0.1, 0.15) is 5.70 Å². The van der Waals surface area contributed by atoms with Crippen LogP contribution < -0.4 is 15.1 Å². The number of hydrogen-bond donors (Lipinski definition) is 1. The van der Waals surface area contributed by atoms with Crippen molar-refractivity contribution in [3.05, 3.63) is 94.6 Å². The average Bonchev–Trinajstić information content (AvgIpc) is 3.01. The Hall–Kier alpha value is -3.57. The fourth-order valence-corrected chi connectivity index (χ4v) is 3.70. The second kappa shape index (κ2) is 8.28. The van der Waals surface area contributed by atoms with Gasteiger partial charge in [-0.3, -0.25) is 9.59 Å². The first kappa shape index (κ1) is 20.7. The largest absolute Gasteiger partial charge is 0.378 e. The highest BCUT2D eigenvalue weighted by atomic mass is 35.5. The molecule has 0 atom stereocenters. The van der Waals surface area contributed by atoms with E-state index in [4.69, 9.17) is 11.6 Å². The fourth-order valence-electron chi connectivity index (χ4n) is 3.53. The molecule has 4 rings (SSSR count). The number of nitrogens with one attached hydrogen (secondary N) is 1. The molecule has 3 aromatic carbocycles. The number of nitrogens with zero attached hydrogens (tertiary/aromatic N) is 2. The third-order valence-corrected chi connectivity index (χ3v) is 5.45. The summed E-state index contributed by atoms with van der Waals surface area (Å²) in [5, 5.41) is 3.73. The Labute approximate surface area is 186 Å². The van der Waals surface area contributed by atoms with Crippen molar-refractivity contribution >= 4 is 46.1 Å². The molecule has 1 N–H and O–H groups in total. The Morgan fingerprint density at radius 1 is 0.871 bits per heavy atom. The number of carbonyl (C=O) groups excluding carboxylic acids is 2. The van der Waals surface area contributed by atoms with Crippen LogP contribution in [0.15, 0.2) is 78.5 Å². The van der Waals surface area contributed by atoms with E-state index in [2.05, 4.69) is 5.32 Å². The van der Waals surface area contributed by atoms with Crippen molar-refractivity contribution in [2.75, 3.05) is 29.2 Å². The molecule has 156 valence electrons. The highest BCUT2D eigenvalue weighted by molar-refractivity contribution is 6.46. The van der Waals surface area contributed by atoms with Crippen molar-refractivity contribution in [2.45, 2.75) is 6.92 Å². The molecule has 0 unspecified atom stereocenters. The number of benzene rings is 3. The van der Waals surface area contributed by atoms with Crippen LogP contribution in [0, 0.1) is 6.92 Å². The highest BCUT2D eigenvalue weighted by Crippen LogP contribution is 2.35. The predicted molar refractivity (Wildman–Crippen MR) is 126 cm³/mol. The third kappa shape index (κ3) is 3.92. The molecule has 2 amide bonds. The zero-order valence-corrected chi connectivity index (χ0v) is 18.3. The molecule has 5 nitrogen and oxygen atoms in total. The lowest BCUT2D eigenvalue weighted by atomic mass is 10.0. The molecule has 31 heavy (non-hydrogen) atoms. The SMILES string of the molecule is Cc1ccc(Cl)cc1NC1=C(c2ccccc2)C(=O)N(c2cccc(N(C)C)c2)C1=O. The van der Waals surface area contributed by atoms with Gasteiger partial charge in [0.15, 0.2) is 0 Å². The first-order valence-corrected chi connectivity index (χ1v) is 10.2. The summed E-state index contributed by atoms with van der Waals surface area (Å²) >= 11 is 6.17. The van der Waals surface area contributed by atoms with Gasteiger partial charge in [-0.25, -0.2) is 4.90 Å². The van der Waals surface area contributed by atoms with Crippen LogP contribution in [-0.4, -0.2) is 25.9 Å². The molecule has 0 aliphatic carbocycles. The monoisotopic (exact) mass is 431 g/mol. The predicted octanol–water partition coefficient (Wildman–Crippen LogP) is 5.11. The van der Waals surface area contributed by atoms with Crippen molar-refractivity contribution in [2.24, 2.45) is 0 Å². The quantitative estimate of drug-likeness (QED) is 0.570. The standard InChI is InChI=1S/C25H22ClN3O2/c1-16-12-13-18(26)14-21(16)27-23-22(17-8-5-4-6-9-17)24(30)29(25(23)31)20-11-7-10-19(15-20)28(2)3/h4-15,27H,1-3H3. The van der Waals surface area contributed by atoms with Crippen molar-refractivity contribution in [1.82, 2.24) is 0 Å². The third-order valence-electron chi connectivity index (χ3n) is 5.21. The number of anilines is 3. The maximum absolute atomic E-state index is 13.5. The van der Waals surface area contributed by atoms with E-state index in [9.17, 15) is 9.59 Å². The number of hydrogen-bond acceptors (Lipinski definition) is 4. The van der Waals surface area contributed by atoms with E-state index in [0.29, 0.717) is 27.5 Å². The lowest BCUT2D eigenvalue weighted by molar-refractivity contribution is -0.120. The molecule has 0 saturated heterocycles. The molecule has 0 bridgehead atoms. The molecule has 0 aromatic heterocycles. The zero-order chi connectivity index (χ0) is 22.1. The van der Waals surface area contributed by atoms with E-state index in [1.807, 2.05) is 80.5 Å². The molecule has 0 fully saturated rings. The van der Waals surface area contributed by atoms with Crippen LogP contribution in [0.2, 0.25) is 5.02 Å². The summed E-state index contributed by atoms with van der Waals surface area (Å²) in [5.74, 6) is -0.770. The Kier molecular flexibility index (Phi) is 5.53. The van der Waals surface area contributed by atoms with Crippen LogP contribution in [0.1, 0.15) is 11.1 Å². The molecule has 0 saturated carbocycles. The minimum Gasteiger partial charge on any atom is -0.378 e. The van der Waals surface area contributed by atoms with Gasteiger partial charge >= 0.3 is 0 Å². The maximum atomic E-state index is 13.5. The van der Waals surface area contributed by atoms with E-state index < -0.39 is 5.91 Å². The molecular weight excluding hydrogens is 410 g/mol. The number of amides is 2. The lowest BCUT2D eigenvalue weighted by Gasteiger charge is -2.19. The van der Waals surface area contributed by atoms with E-state index >= 15 is 0 Å².